The normalized spacial score (nSPS) is 11.7. The minimum Gasteiger partial charge on any atom is -0.329 e. The second-order valence-electron chi connectivity index (χ2n) is 5.82. The molecule has 132 valence electrons. The fraction of sp³-hybridized carbons (Fsp3) is 0.222. The molecule has 7 heteroatoms. The lowest BCUT2D eigenvalue weighted by Crippen LogP contribution is -2.46. The van der Waals surface area contributed by atoms with Gasteiger partial charge in [-0.05, 0) is 48.0 Å². The van der Waals surface area contributed by atoms with Crippen LogP contribution in [-0.2, 0) is 4.79 Å². The zero-order chi connectivity index (χ0) is 18.4. The molecule has 0 fully saturated rings. The van der Waals surface area contributed by atoms with Gasteiger partial charge in [0.15, 0.2) is 5.11 Å². The van der Waals surface area contributed by atoms with Gasteiger partial charge in [-0.1, -0.05) is 49.7 Å². The molecule has 2 aromatic rings. The average molecular weight is 380 g/mol. The summed E-state index contributed by atoms with van der Waals surface area (Å²) in [6.45, 7) is 3.91. The first kappa shape index (κ1) is 19.1. The second-order valence-corrected chi connectivity index (χ2v) is 6.67. The lowest BCUT2D eigenvalue weighted by molar-refractivity contribution is -0.124. The summed E-state index contributed by atoms with van der Waals surface area (Å²) in [5, 5.41) is 3.40. The summed E-state index contributed by atoms with van der Waals surface area (Å²) >= 11 is 11.0. The first-order valence-electron chi connectivity index (χ1n) is 7.75. The summed E-state index contributed by atoms with van der Waals surface area (Å²) in [4.78, 5) is 12.5. The van der Waals surface area contributed by atoms with Gasteiger partial charge in [-0.15, -0.1) is 0 Å². The van der Waals surface area contributed by atoms with Crippen LogP contribution in [0, 0.1) is 11.7 Å². The largest absolute Gasteiger partial charge is 0.329 e. The van der Waals surface area contributed by atoms with Crippen molar-refractivity contribution in [3.8, 4) is 0 Å². The lowest BCUT2D eigenvalue weighted by atomic mass is 9.88. The van der Waals surface area contributed by atoms with Gasteiger partial charge in [0.05, 0.1) is 11.6 Å². The molecule has 0 radical (unpaired) electrons. The molecule has 0 bridgehead atoms. The molecule has 1 amide bonds. The summed E-state index contributed by atoms with van der Waals surface area (Å²) in [5.41, 5.74) is 6.25. The highest BCUT2D eigenvalue weighted by atomic mass is 35.5. The molecule has 0 aliphatic carbocycles. The Balaban J connectivity index is 1.98. The first-order chi connectivity index (χ1) is 11.9. The number of halogens is 2. The zero-order valence-corrected chi connectivity index (χ0v) is 15.4. The fourth-order valence-corrected chi connectivity index (χ4v) is 2.71. The molecule has 0 spiro atoms. The highest BCUT2D eigenvalue weighted by Gasteiger charge is 2.24. The molecule has 3 N–H and O–H groups in total. The van der Waals surface area contributed by atoms with E-state index in [1.165, 1.54) is 6.07 Å². The monoisotopic (exact) mass is 379 g/mol. The summed E-state index contributed by atoms with van der Waals surface area (Å²) < 4.78 is 13.6. The molecule has 0 aromatic heterocycles. The summed E-state index contributed by atoms with van der Waals surface area (Å²) in [6.07, 6.45) is 0. The Morgan fingerprint density at radius 2 is 1.72 bits per heavy atom. The van der Waals surface area contributed by atoms with E-state index in [2.05, 4.69) is 16.2 Å². The Labute approximate surface area is 156 Å². The third-order valence-corrected chi connectivity index (χ3v) is 4.06. The quantitative estimate of drug-likeness (QED) is 0.549. The number of para-hydroxylation sites is 1. The first-order valence-corrected chi connectivity index (χ1v) is 8.54. The van der Waals surface area contributed by atoms with Gasteiger partial charge < -0.3 is 5.32 Å². The van der Waals surface area contributed by atoms with Gasteiger partial charge in [0, 0.05) is 5.02 Å². The van der Waals surface area contributed by atoms with E-state index < -0.39 is 5.82 Å². The number of rotatable bonds is 4. The van der Waals surface area contributed by atoms with Crippen molar-refractivity contribution in [2.75, 3.05) is 5.32 Å². The molecule has 0 aliphatic heterocycles. The molecular weight excluding hydrogens is 361 g/mol. The van der Waals surface area contributed by atoms with Gasteiger partial charge >= 0.3 is 0 Å². The smallest absolute Gasteiger partial charge is 0.246 e. The van der Waals surface area contributed by atoms with E-state index in [0.717, 1.165) is 5.56 Å². The number of hydrogen-bond acceptors (Lipinski definition) is 2. The lowest BCUT2D eigenvalue weighted by Gasteiger charge is -2.21. The number of benzene rings is 2. The third-order valence-electron chi connectivity index (χ3n) is 3.60. The van der Waals surface area contributed by atoms with Crippen LogP contribution in [0.25, 0.3) is 0 Å². The van der Waals surface area contributed by atoms with Crippen LogP contribution in [0.2, 0.25) is 5.02 Å². The van der Waals surface area contributed by atoms with Gasteiger partial charge in [0.25, 0.3) is 0 Å². The molecule has 0 unspecified atom stereocenters. The van der Waals surface area contributed by atoms with Crippen LogP contribution in [0.5, 0.6) is 0 Å². The van der Waals surface area contributed by atoms with Crippen molar-refractivity contribution in [1.82, 2.24) is 10.9 Å². The van der Waals surface area contributed by atoms with Gasteiger partial charge in [0.2, 0.25) is 5.91 Å². The number of anilines is 1. The van der Waals surface area contributed by atoms with Crippen molar-refractivity contribution in [3.63, 3.8) is 0 Å². The number of thiocarbonyl (C=S) groups is 1. The van der Waals surface area contributed by atoms with E-state index in [0.29, 0.717) is 5.02 Å². The van der Waals surface area contributed by atoms with Crippen LogP contribution >= 0.6 is 23.8 Å². The van der Waals surface area contributed by atoms with Gasteiger partial charge in [-0.2, -0.15) is 0 Å². The van der Waals surface area contributed by atoms with Crippen LogP contribution < -0.4 is 16.2 Å². The second kappa shape index (κ2) is 8.78. The molecule has 0 heterocycles. The molecule has 1 atom stereocenters. The van der Waals surface area contributed by atoms with Crippen molar-refractivity contribution in [2.24, 2.45) is 5.92 Å². The maximum atomic E-state index is 13.6. The molecular formula is C18H19ClFN3OS. The minimum atomic E-state index is -0.431. The van der Waals surface area contributed by atoms with E-state index >= 15 is 0 Å². The molecule has 4 nitrogen and oxygen atoms in total. The van der Waals surface area contributed by atoms with Crippen LogP contribution in [0.1, 0.15) is 25.3 Å². The van der Waals surface area contributed by atoms with E-state index in [1.807, 2.05) is 26.0 Å². The number of hydrogen-bond donors (Lipinski definition) is 3. The highest BCUT2D eigenvalue weighted by Crippen LogP contribution is 2.25. The standard InChI is InChI=1S/C18H19ClFN3OS/c1-11(2)16(12-7-9-13(19)10-8-12)17(24)22-23-18(25)21-15-6-4-3-5-14(15)20/h3-11,16H,1-2H3,(H,22,24)(H2,21,23,25)/t16-/m0/s1. The minimum absolute atomic E-state index is 0.0658. The number of amides is 1. The number of carbonyl (C=O) groups is 1. The van der Waals surface area contributed by atoms with Crippen molar-refractivity contribution < 1.29 is 9.18 Å². The van der Waals surface area contributed by atoms with Crippen molar-refractivity contribution in [2.45, 2.75) is 19.8 Å². The van der Waals surface area contributed by atoms with E-state index in [9.17, 15) is 9.18 Å². The Morgan fingerprint density at radius 3 is 2.32 bits per heavy atom. The Kier molecular flexibility index (Phi) is 6.73. The number of nitrogens with one attached hydrogen (secondary N) is 3. The molecule has 2 aromatic carbocycles. The highest BCUT2D eigenvalue weighted by molar-refractivity contribution is 7.80. The molecule has 0 saturated heterocycles. The van der Waals surface area contributed by atoms with Crippen LogP contribution in [0.15, 0.2) is 48.5 Å². The Bertz CT molecular complexity index is 752. The molecule has 2 rings (SSSR count). The van der Waals surface area contributed by atoms with E-state index in [4.69, 9.17) is 23.8 Å². The topological polar surface area (TPSA) is 53.2 Å². The number of hydrazine groups is 1. The van der Waals surface area contributed by atoms with Crippen molar-refractivity contribution >= 4 is 40.5 Å². The average Bonchev–Trinajstić information content (AvgIpc) is 2.57. The molecule has 0 saturated carbocycles. The van der Waals surface area contributed by atoms with Gasteiger partial charge in [-0.25, -0.2) is 4.39 Å². The predicted octanol–water partition coefficient (Wildman–Crippen LogP) is 4.24. The van der Waals surface area contributed by atoms with Crippen molar-refractivity contribution in [3.05, 3.63) is 64.9 Å². The van der Waals surface area contributed by atoms with Gasteiger partial charge in [-0.3, -0.25) is 15.6 Å². The van der Waals surface area contributed by atoms with Crippen LogP contribution in [-0.4, -0.2) is 11.0 Å². The Hall–Kier alpha value is -2.18. The summed E-state index contributed by atoms with van der Waals surface area (Å²) in [6, 6.07) is 13.3. The van der Waals surface area contributed by atoms with Gasteiger partial charge in [0.1, 0.15) is 5.82 Å². The fourth-order valence-electron chi connectivity index (χ4n) is 2.42. The maximum Gasteiger partial charge on any atom is 0.246 e. The third kappa shape index (κ3) is 5.41. The predicted molar refractivity (Wildman–Crippen MR) is 103 cm³/mol. The number of carbonyl (C=O) groups excluding carboxylic acids is 1. The molecule has 25 heavy (non-hydrogen) atoms. The molecule has 0 aliphatic rings. The van der Waals surface area contributed by atoms with Crippen molar-refractivity contribution in [1.29, 1.82) is 0 Å². The SMILES string of the molecule is CC(C)[C@H](C(=O)NNC(=S)Nc1ccccc1F)c1ccc(Cl)cc1. The summed E-state index contributed by atoms with van der Waals surface area (Å²) in [7, 11) is 0. The zero-order valence-electron chi connectivity index (χ0n) is 13.8. The van der Waals surface area contributed by atoms with E-state index in [1.54, 1.807) is 30.3 Å². The summed E-state index contributed by atoms with van der Waals surface area (Å²) in [5.74, 6) is -0.980. The van der Waals surface area contributed by atoms with Crippen LogP contribution in [0.4, 0.5) is 10.1 Å². The maximum absolute atomic E-state index is 13.6. The van der Waals surface area contributed by atoms with Crippen LogP contribution in [0.3, 0.4) is 0 Å². The Morgan fingerprint density at radius 1 is 1.08 bits per heavy atom. The van der Waals surface area contributed by atoms with E-state index in [-0.39, 0.29) is 28.5 Å².